The van der Waals surface area contributed by atoms with Crippen LogP contribution in [0.25, 0.3) is 10.8 Å². The van der Waals surface area contributed by atoms with Crippen molar-refractivity contribution in [1.82, 2.24) is 0 Å². The molecule has 4 heteroatoms. The minimum absolute atomic E-state index is 0.572. The molecule has 0 aromatic heterocycles. The molecule has 0 saturated heterocycles. The van der Waals surface area contributed by atoms with Crippen LogP contribution in [0.15, 0.2) is 41.3 Å². The van der Waals surface area contributed by atoms with Gasteiger partial charge in [0, 0.05) is 4.90 Å². The largest absolute Gasteiger partial charge is 0.416 e. The first-order valence-electron chi connectivity index (χ1n) is 4.27. The lowest BCUT2D eigenvalue weighted by Gasteiger charge is -2.07. The van der Waals surface area contributed by atoms with E-state index in [0.29, 0.717) is 5.39 Å². The highest BCUT2D eigenvalue weighted by Crippen LogP contribution is 2.31. The number of halogens is 3. The molecule has 0 aliphatic rings. The van der Waals surface area contributed by atoms with Crippen molar-refractivity contribution in [1.29, 1.82) is 0 Å². The van der Waals surface area contributed by atoms with Crippen LogP contribution in [-0.4, -0.2) is 0 Å². The smallest absolute Gasteiger partial charge is 0.166 e. The average molecular weight is 228 g/mol. The molecule has 0 spiro atoms. The minimum atomic E-state index is -4.28. The molecule has 0 aliphatic carbocycles. The molecule has 2 aromatic carbocycles. The highest BCUT2D eigenvalue weighted by molar-refractivity contribution is 7.80. The lowest BCUT2D eigenvalue weighted by atomic mass is 10.1. The van der Waals surface area contributed by atoms with E-state index >= 15 is 0 Å². The van der Waals surface area contributed by atoms with Crippen LogP contribution < -0.4 is 0 Å². The van der Waals surface area contributed by atoms with Crippen molar-refractivity contribution < 1.29 is 13.2 Å². The van der Waals surface area contributed by atoms with Gasteiger partial charge < -0.3 is 0 Å². The molecule has 0 nitrogen and oxygen atoms in total. The molecule has 0 atom stereocenters. The van der Waals surface area contributed by atoms with Gasteiger partial charge in [0.25, 0.3) is 0 Å². The van der Waals surface area contributed by atoms with E-state index in [2.05, 4.69) is 12.6 Å². The van der Waals surface area contributed by atoms with Gasteiger partial charge in [0.1, 0.15) is 0 Å². The number of rotatable bonds is 0. The SMILES string of the molecule is FC(F)(F)c1ccc2cc(S)ccc2c1. The van der Waals surface area contributed by atoms with E-state index in [1.165, 1.54) is 6.07 Å². The second kappa shape index (κ2) is 3.45. The fourth-order valence-corrected chi connectivity index (χ4v) is 1.62. The van der Waals surface area contributed by atoms with Crippen molar-refractivity contribution in [2.75, 3.05) is 0 Å². The highest BCUT2D eigenvalue weighted by atomic mass is 32.1. The van der Waals surface area contributed by atoms with Gasteiger partial charge in [0.15, 0.2) is 0 Å². The maximum atomic E-state index is 12.4. The molecule has 0 saturated carbocycles. The van der Waals surface area contributed by atoms with Gasteiger partial charge in [0.2, 0.25) is 0 Å². The van der Waals surface area contributed by atoms with E-state index in [1.54, 1.807) is 18.2 Å². The molecule has 0 heterocycles. The van der Waals surface area contributed by atoms with Gasteiger partial charge in [-0.2, -0.15) is 13.2 Å². The maximum Gasteiger partial charge on any atom is 0.416 e. The Kier molecular flexibility index (Phi) is 2.38. The summed E-state index contributed by atoms with van der Waals surface area (Å²) in [5.74, 6) is 0. The third-order valence-electron chi connectivity index (χ3n) is 2.15. The zero-order valence-corrected chi connectivity index (χ0v) is 8.44. The number of alkyl halides is 3. The topological polar surface area (TPSA) is 0 Å². The molecule has 2 aromatic rings. The second-order valence-corrected chi connectivity index (χ2v) is 3.76. The lowest BCUT2D eigenvalue weighted by molar-refractivity contribution is -0.137. The highest BCUT2D eigenvalue weighted by Gasteiger charge is 2.30. The Bertz CT molecular complexity index is 503. The second-order valence-electron chi connectivity index (χ2n) is 3.24. The number of hydrogen-bond acceptors (Lipinski definition) is 1. The quantitative estimate of drug-likeness (QED) is 0.643. The molecule has 0 fully saturated rings. The lowest BCUT2D eigenvalue weighted by Crippen LogP contribution is -2.04. The van der Waals surface area contributed by atoms with Crippen LogP contribution in [0.5, 0.6) is 0 Å². The molecule has 2 rings (SSSR count). The van der Waals surface area contributed by atoms with Gasteiger partial charge in [-0.05, 0) is 35.0 Å². The molecule has 0 aliphatic heterocycles. The van der Waals surface area contributed by atoms with Crippen LogP contribution in [-0.2, 0) is 6.18 Å². The predicted octanol–water partition coefficient (Wildman–Crippen LogP) is 4.15. The Morgan fingerprint density at radius 2 is 1.47 bits per heavy atom. The first-order chi connectivity index (χ1) is 6.97. The van der Waals surface area contributed by atoms with E-state index in [4.69, 9.17) is 0 Å². The molecule has 15 heavy (non-hydrogen) atoms. The summed E-state index contributed by atoms with van der Waals surface area (Å²) in [6.45, 7) is 0. The number of benzene rings is 2. The standard InChI is InChI=1S/C11H7F3S/c12-11(13,14)9-3-1-8-6-10(15)4-2-7(8)5-9/h1-6,15H. The molecule has 0 N–H and O–H groups in total. The summed E-state index contributed by atoms with van der Waals surface area (Å²) in [4.78, 5) is 0.738. The Balaban J connectivity index is 2.62. The average Bonchev–Trinajstić information content (AvgIpc) is 2.15. The molecule has 0 bridgehead atoms. The summed E-state index contributed by atoms with van der Waals surface area (Å²) >= 11 is 4.12. The monoisotopic (exact) mass is 228 g/mol. The van der Waals surface area contributed by atoms with Gasteiger partial charge in [0.05, 0.1) is 5.56 Å². The van der Waals surface area contributed by atoms with Crippen LogP contribution >= 0.6 is 12.6 Å². The normalized spacial score (nSPS) is 12.0. The van der Waals surface area contributed by atoms with E-state index in [-0.39, 0.29) is 0 Å². The van der Waals surface area contributed by atoms with Crippen molar-refractivity contribution in [2.45, 2.75) is 11.1 Å². The van der Waals surface area contributed by atoms with E-state index in [0.717, 1.165) is 22.4 Å². The Labute approximate surface area is 90.1 Å². The summed E-state index contributed by atoms with van der Waals surface area (Å²) in [7, 11) is 0. The van der Waals surface area contributed by atoms with Crippen LogP contribution in [0.1, 0.15) is 5.56 Å². The Hall–Kier alpha value is -1.16. The van der Waals surface area contributed by atoms with Gasteiger partial charge in [-0.3, -0.25) is 0 Å². The van der Waals surface area contributed by atoms with Crippen molar-refractivity contribution in [3.05, 3.63) is 42.0 Å². The van der Waals surface area contributed by atoms with Gasteiger partial charge in [-0.1, -0.05) is 12.1 Å². The first kappa shape index (κ1) is 10.4. The fraction of sp³-hybridized carbons (Fsp3) is 0.0909. The van der Waals surface area contributed by atoms with Crippen LogP contribution in [0.2, 0.25) is 0 Å². The van der Waals surface area contributed by atoms with Crippen molar-refractivity contribution in [2.24, 2.45) is 0 Å². The predicted molar refractivity (Wildman–Crippen MR) is 56.2 cm³/mol. The number of fused-ring (bicyclic) bond motifs is 1. The van der Waals surface area contributed by atoms with E-state index < -0.39 is 11.7 Å². The fourth-order valence-electron chi connectivity index (χ4n) is 1.41. The van der Waals surface area contributed by atoms with Gasteiger partial charge in [-0.25, -0.2) is 0 Å². The first-order valence-corrected chi connectivity index (χ1v) is 4.71. The Morgan fingerprint density at radius 3 is 2.13 bits per heavy atom. The third kappa shape index (κ3) is 2.09. The summed E-state index contributed by atoms with van der Waals surface area (Å²) in [5, 5.41) is 1.33. The maximum absolute atomic E-state index is 12.4. The van der Waals surface area contributed by atoms with E-state index in [9.17, 15) is 13.2 Å². The van der Waals surface area contributed by atoms with Gasteiger partial charge >= 0.3 is 6.18 Å². The summed E-state index contributed by atoms with van der Waals surface area (Å²) in [6.07, 6.45) is -4.28. The molecule has 0 amide bonds. The number of thiol groups is 1. The van der Waals surface area contributed by atoms with Crippen LogP contribution in [0, 0.1) is 0 Å². The van der Waals surface area contributed by atoms with E-state index in [1.807, 2.05) is 0 Å². The molecule has 0 unspecified atom stereocenters. The van der Waals surface area contributed by atoms with Crippen molar-refractivity contribution in [3.8, 4) is 0 Å². The van der Waals surface area contributed by atoms with Crippen molar-refractivity contribution in [3.63, 3.8) is 0 Å². The summed E-state index contributed by atoms with van der Waals surface area (Å²) in [6, 6.07) is 8.72. The number of hydrogen-bond donors (Lipinski definition) is 1. The summed E-state index contributed by atoms with van der Waals surface area (Å²) < 4.78 is 37.1. The van der Waals surface area contributed by atoms with Crippen LogP contribution in [0.3, 0.4) is 0 Å². The molecular formula is C11H7F3S. The zero-order valence-electron chi connectivity index (χ0n) is 7.55. The summed E-state index contributed by atoms with van der Waals surface area (Å²) in [5.41, 5.74) is -0.623. The molecule has 78 valence electrons. The Morgan fingerprint density at radius 1 is 0.867 bits per heavy atom. The van der Waals surface area contributed by atoms with Crippen LogP contribution in [0.4, 0.5) is 13.2 Å². The third-order valence-corrected chi connectivity index (χ3v) is 2.43. The molecule has 0 radical (unpaired) electrons. The zero-order chi connectivity index (χ0) is 11.1. The van der Waals surface area contributed by atoms with Gasteiger partial charge in [-0.15, -0.1) is 12.6 Å². The van der Waals surface area contributed by atoms with Crippen molar-refractivity contribution >= 4 is 23.4 Å². The minimum Gasteiger partial charge on any atom is -0.166 e. The molecular weight excluding hydrogens is 221 g/mol.